The molecule has 0 radical (unpaired) electrons. The lowest BCUT2D eigenvalue weighted by Crippen LogP contribution is -2.05. The van der Waals surface area contributed by atoms with Gasteiger partial charge in [-0.3, -0.25) is 0 Å². The minimum Gasteiger partial charge on any atom is -0.496 e. The second kappa shape index (κ2) is 5.55. The number of hydrogen-bond donors (Lipinski definition) is 1. The Labute approximate surface area is 105 Å². The molecule has 18 heavy (non-hydrogen) atoms. The van der Waals surface area contributed by atoms with Crippen LogP contribution in [-0.4, -0.2) is 23.9 Å². The molecule has 0 saturated heterocycles. The van der Waals surface area contributed by atoms with Crippen molar-refractivity contribution in [1.29, 1.82) is 0 Å². The van der Waals surface area contributed by atoms with Crippen LogP contribution in [0.4, 0.5) is 4.39 Å². The lowest BCUT2D eigenvalue weighted by molar-refractivity contribution is 0.415. The van der Waals surface area contributed by atoms with Crippen LogP contribution in [-0.2, 0) is 6.42 Å². The smallest absolute Gasteiger partial charge is 0.128 e. The number of methoxy groups -OCH3 is 1. The van der Waals surface area contributed by atoms with E-state index in [1.165, 1.54) is 19.2 Å². The van der Waals surface area contributed by atoms with E-state index < -0.39 is 0 Å². The fraction of sp³-hybridized carbons (Fsp3) is 0.231. The summed E-state index contributed by atoms with van der Waals surface area (Å²) in [4.78, 5) is 0. The maximum Gasteiger partial charge on any atom is 0.128 e. The van der Waals surface area contributed by atoms with E-state index in [9.17, 15) is 4.39 Å². The van der Waals surface area contributed by atoms with E-state index in [2.05, 4.69) is 10.2 Å². The molecule has 0 bridgehead atoms. The molecule has 0 spiro atoms. The van der Waals surface area contributed by atoms with E-state index in [1.54, 1.807) is 12.1 Å². The average molecular weight is 247 g/mol. The fourth-order valence-electron chi connectivity index (χ4n) is 1.67. The highest BCUT2D eigenvalue weighted by atomic mass is 19.1. The Balaban J connectivity index is 2.38. The molecule has 0 atom stereocenters. The summed E-state index contributed by atoms with van der Waals surface area (Å²) in [7, 11) is 1.53. The normalized spacial score (nSPS) is 10.4. The minimum atomic E-state index is -0.335. The average Bonchev–Trinajstić information content (AvgIpc) is 2.40. The Morgan fingerprint density at radius 2 is 2.06 bits per heavy atom. The molecule has 2 N–H and O–H groups in total. The van der Waals surface area contributed by atoms with Gasteiger partial charge in [0.1, 0.15) is 11.6 Å². The Bertz CT molecular complexity index is 528. The second-order valence-corrected chi connectivity index (χ2v) is 3.79. The molecule has 4 nitrogen and oxygen atoms in total. The van der Waals surface area contributed by atoms with Gasteiger partial charge in [-0.2, -0.15) is 10.2 Å². The van der Waals surface area contributed by atoms with Gasteiger partial charge in [-0.05, 0) is 36.9 Å². The lowest BCUT2D eigenvalue weighted by Gasteiger charge is -2.07. The van der Waals surface area contributed by atoms with Gasteiger partial charge in [0.15, 0.2) is 0 Å². The van der Waals surface area contributed by atoms with Crippen molar-refractivity contribution in [2.75, 3.05) is 13.7 Å². The van der Waals surface area contributed by atoms with Crippen LogP contribution in [0.15, 0.2) is 30.3 Å². The molecule has 1 aromatic carbocycles. The van der Waals surface area contributed by atoms with Crippen molar-refractivity contribution >= 4 is 0 Å². The van der Waals surface area contributed by atoms with Crippen LogP contribution in [0, 0.1) is 5.82 Å². The zero-order valence-electron chi connectivity index (χ0n) is 10.1. The van der Waals surface area contributed by atoms with Gasteiger partial charge in [0, 0.05) is 12.0 Å². The number of benzene rings is 1. The molecule has 94 valence electrons. The molecule has 0 saturated carbocycles. The predicted molar refractivity (Wildman–Crippen MR) is 66.7 cm³/mol. The summed E-state index contributed by atoms with van der Waals surface area (Å²) in [6, 6.07) is 7.92. The monoisotopic (exact) mass is 247 g/mol. The van der Waals surface area contributed by atoms with Crippen molar-refractivity contribution in [2.45, 2.75) is 6.42 Å². The number of nitrogens with two attached hydrogens (primary N) is 1. The number of rotatable bonds is 4. The van der Waals surface area contributed by atoms with Crippen LogP contribution in [0.1, 0.15) is 5.69 Å². The predicted octanol–water partition coefficient (Wildman–Crippen LogP) is 1.79. The van der Waals surface area contributed by atoms with Gasteiger partial charge in [-0.1, -0.05) is 0 Å². The maximum absolute atomic E-state index is 13.2. The Morgan fingerprint density at radius 3 is 2.67 bits per heavy atom. The number of hydrogen-bond acceptors (Lipinski definition) is 4. The fourth-order valence-corrected chi connectivity index (χ4v) is 1.67. The highest BCUT2D eigenvalue weighted by molar-refractivity contribution is 5.66. The minimum absolute atomic E-state index is 0.335. The molecule has 0 aliphatic carbocycles. The molecule has 0 aliphatic rings. The van der Waals surface area contributed by atoms with E-state index in [0.717, 1.165) is 5.69 Å². The van der Waals surface area contributed by atoms with E-state index >= 15 is 0 Å². The summed E-state index contributed by atoms with van der Waals surface area (Å²) < 4.78 is 18.4. The molecular formula is C13H14FN3O. The third-order valence-corrected chi connectivity index (χ3v) is 2.56. The zero-order chi connectivity index (χ0) is 13.0. The number of halogens is 1. The molecule has 0 fully saturated rings. The largest absolute Gasteiger partial charge is 0.496 e. The Kier molecular flexibility index (Phi) is 3.84. The van der Waals surface area contributed by atoms with Crippen LogP contribution in [0.3, 0.4) is 0 Å². The molecular weight excluding hydrogens is 233 g/mol. The topological polar surface area (TPSA) is 61.0 Å². The van der Waals surface area contributed by atoms with Crippen molar-refractivity contribution in [1.82, 2.24) is 10.2 Å². The number of nitrogens with zero attached hydrogens (tertiary/aromatic N) is 2. The summed E-state index contributed by atoms with van der Waals surface area (Å²) in [5.41, 5.74) is 7.42. The molecule has 0 amide bonds. The summed E-state index contributed by atoms with van der Waals surface area (Å²) in [6.45, 7) is 0.525. The van der Waals surface area contributed by atoms with E-state index in [0.29, 0.717) is 30.0 Å². The summed E-state index contributed by atoms with van der Waals surface area (Å²) >= 11 is 0. The van der Waals surface area contributed by atoms with Gasteiger partial charge < -0.3 is 10.5 Å². The van der Waals surface area contributed by atoms with Crippen LogP contribution >= 0.6 is 0 Å². The molecule has 2 aromatic rings. The quantitative estimate of drug-likeness (QED) is 0.894. The van der Waals surface area contributed by atoms with Crippen molar-refractivity contribution in [3.63, 3.8) is 0 Å². The van der Waals surface area contributed by atoms with Gasteiger partial charge in [-0.15, -0.1) is 0 Å². The number of aromatic nitrogens is 2. The zero-order valence-corrected chi connectivity index (χ0v) is 10.1. The third kappa shape index (κ3) is 2.62. The van der Waals surface area contributed by atoms with Gasteiger partial charge in [0.05, 0.1) is 18.5 Å². The highest BCUT2D eigenvalue weighted by Crippen LogP contribution is 2.28. The lowest BCUT2D eigenvalue weighted by atomic mass is 10.1. The molecule has 1 aromatic heterocycles. The van der Waals surface area contributed by atoms with Crippen molar-refractivity contribution in [2.24, 2.45) is 5.73 Å². The van der Waals surface area contributed by atoms with Crippen molar-refractivity contribution in [3.05, 3.63) is 41.8 Å². The second-order valence-electron chi connectivity index (χ2n) is 3.79. The van der Waals surface area contributed by atoms with E-state index in [4.69, 9.17) is 10.5 Å². The van der Waals surface area contributed by atoms with Gasteiger partial charge >= 0.3 is 0 Å². The molecule has 0 unspecified atom stereocenters. The van der Waals surface area contributed by atoms with E-state index in [-0.39, 0.29) is 5.82 Å². The van der Waals surface area contributed by atoms with Crippen LogP contribution < -0.4 is 10.5 Å². The van der Waals surface area contributed by atoms with E-state index in [1.807, 2.05) is 6.07 Å². The summed E-state index contributed by atoms with van der Waals surface area (Å²) in [5, 5.41) is 8.11. The first-order valence-electron chi connectivity index (χ1n) is 5.61. The van der Waals surface area contributed by atoms with Crippen molar-refractivity contribution in [3.8, 4) is 17.0 Å². The summed E-state index contributed by atoms with van der Waals surface area (Å²) in [5.74, 6) is 0.232. The summed E-state index contributed by atoms with van der Waals surface area (Å²) in [6.07, 6.45) is 0.674. The molecule has 5 heteroatoms. The van der Waals surface area contributed by atoms with Gasteiger partial charge in [0.25, 0.3) is 0 Å². The van der Waals surface area contributed by atoms with Crippen LogP contribution in [0.5, 0.6) is 5.75 Å². The van der Waals surface area contributed by atoms with Crippen LogP contribution in [0.25, 0.3) is 11.3 Å². The van der Waals surface area contributed by atoms with Crippen molar-refractivity contribution < 1.29 is 9.13 Å². The molecule has 0 aliphatic heterocycles. The number of ether oxygens (including phenoxy) is 1. The maximum atomic E-state index is 13.2. The first-order valence-corrected chi connectivity index (χ1v) is 5.61. The SMILES string of the molecule is COc1ccc(F)cc1-c1ccc(CCN)nn1. The Hall–Kier alpha value is -2.01. The van der Waals surface area contributed by atoms with Gasteiger partial charge in [-0.25, -0.2) is 4.39 Å². The molecule has 2 rings (SSSR count). The highest BCUT2D eigenvalue weighted by Gasteiger charge is 2.09. The van der Waals surface area contributed by atoms with Gasteiger partial charge in [0.2, 0.25) is 0 Å². The first-order chi connectivity index (χ1) is 8.74. The standard InChI is InChI=1S/C13H14FN3O/c1-18-13-5-2-9(14)8-11(13)12-4-3-10(6-7-15)16-17-12/h2-5,8H,6-7,15H2,1H3. The Morgan fingerprint density at radius 1 is 1.22 bits per heavy atom. The first kappa shape index (κ1) is 12.4. The molecule has 1 heterocycles. The van der Waals surface area contributed by atoms with Crippen LogP contribution in [0.2, 0.25) is 0 Å². The third-order valence-electron chi connectivity index (χ3n) is 2.56.